The summed E-state index contributed by atoms with van der Waals surface area (Å²) in [6.07, 6.45) is 2.13. The molecule has 1 heterocycles. The average molecular weight is 324 g/mol. The number of benzene rings is 3. The Morgan fingerprint density at radius 2 is 1.83 bits per heavy atom. The topological polar surface area (TPSA) is 21.3 Å². The van der Waals surface area contributed by atoms with E-state index in [2.05, 4.69) is 47.8 Å². The van der Waals surface area contributed by atoms with Crippen LogP contribution in [0.2, 0.25) is 5.02 Å². The Kier molecular flexibility index (Phi) is 3.62. The summed E-state index contributed by atoms with van der Waals surface area (Å²) in [6, 6.07) is 19.3. The van der Waals surface area contributed by atoms with E-state index in [9.17, 15) is 0 Å². The fourth-order valence-corrected chi connectivity index (χ4v) is 3.50. The minimum atomic E-state index is 0.343. The highest BCUT2D eigenvalue weighted by Gasteiger charge is 2.19. The van der Waals surface area contributed by atoms with Crippen molar-refractivity contribution >= 4 is 28.1 Å². The molecule has 0 saturated carbocycles. The van der Waals surface area contributed by atoms with E-state index in [-0.39, 0.29) is 0 Å². The first-order valence-electron chi connectivity index (χ1n) is 7.85. The van der Waals surface area contributed by atoms with Gasteiger partial charge >= 0.3 is 0 Å². The van der Waals surface area contributed by atoms with Crippen molar-refractivity contribution in [3.63, 3.8) is 0 Å². The molecule has 3 aromatic rings. The van der Waals surface area contributed by atoms with E-state index in [1.807, 2.05) is 12.1 Å². The van der Waals surface area contributed by atoms with E-state index in [0.29, 0.717) is 6.04 Å². The van der Waals surface area contributed by atoms with Gasteiger partial charge < -0.3 is 10.1 Å². The van der Waals surface area contributed by atoms with Crippen LogP contribution in [0.15, 0.2) is 54.6 Å². The molecule has 1 aliphatic rings. The third-order valence-electron chi connectivity index (χ3n) is 4.57. The highest BCUT2D eigenvalue weighted by molar-refractivity contribution is 6.30. The molecule has 4 rings (SSSR count). The number of hydrogen-bond acceptors (Lipinski definition) is 2. The van der Waals surface area contributed by atoms with Gasteiger partial charge in [0.25, 0.3) is 0 Å². The molecule has 1 atom stereocenters. The van der Waals surface area contributed by atoms with Crippen LogP contribution in [0.4, 0.5) is 5.69 Å². The van der Waals surface area contributed by atoms with Crippen LogP contribution in [0.3, 0.4) is 0 Å². The molecule has 0 aliphatic carbocycles. The number of rotatable bonds is 2. The smallest absolute Gasteiger partial charge is 0.119 e. The molecule has 2 nitrogen and oxygen atoms in total. The summed E-state index contributed by atoms with van der Waals surface area (Å²) in [6.45, 7) is 0. The van der Waals surface area contributed by atoms with Crippen molar-refractivity contribution in [2.75, 3.05) is 12.4 Å². The second kappa shape index (κ2) is 5.78. The Morgan fingerprint density at radius 3 is 2.70 bits per heavy atom. The maximum Gasteiger partial charge on any atom is 0.119 e. The molecule has 3 aromatic carbocycles. The molecule has 0 bridgehead atoms. The Bertz CT molecular complexity index is 875. The Labute approximate surface area is 141 Å². The van der Waals surface area contributed by atoms with Gasteiger partial charge in [-0.05, 0) is 71.1 Å². The molecule has 0 fully saturated rings. The Hall–Kier alpha value is -2.19. The van der Waals surface area contributed by atoms with Crippen molar-refractivity contribution in [3.8, 4) is 5.75 Å². The molecule has 116 valence electrons. The molecule has 0 unspecified atom stereocenters. The van der Waals surface area contributed by atoms with Gasteiger partial charge in [0.05, 0.1) is 13.2 Å². The van der Waals surface area contributed by atoms with Gasteiger partial charge in [0.15, 0.2) is 0 Å². The lowest BCUT2D eigenvalue weighted by Crippen LogP contribution is -2.17. The van der Waals surface area contributed by atoms with Gasteiger partial charge in [-0.25, -0.2) is 0 Å². The normalized spacial score (nSPS) is 16.7. The quantitative estimate of drug-likeness (QED) is 0.662. The summed E-state index contributed by atoms with van der Waals surface area (Å²) in [5.74, 6) is 0.895. The number of nitrogens with one attached hydrogen (secondary N) is 1. The van der Waals surface area contributed by atoms with Crippen molar-refractivity contribution in [1.82, 2.24) is 0 Å². The number of halogens is 1. The molecule has 23 heavy (non-hydrogen) atoms. The number of methoxy groups -OCH3 is 1. The maximum absolute atomic E-state index is 6.08. The van der Waals surface area contributed by atoms with E-state index in [4.69, 9.17) is 16.3 Å². The van der Waals surface area contributed by atoms with Crippen molar-refractivity contribution in [2.45, 2.75) is 18.9 Å². The number of aryl methyl sites for hydroxylation is 1. The van der Waals surface area contributed by atoms with Crippen LogP contribution in [0.25, 0.3) is 10.8 Å². The lowest BCUT2D eigenvalue weighted by atomic mass is 9.92. The molecule has 0 amide bonds. The fourth-order valence-electron chi connectivity index (χ4n) is 3.31. The first-order chi connectivity index (χ1) is 11.2. The average Bonchev–Trinajstić information content (AvgIpc) is 2.60. The number of ether oxygens (including phenoxy) is 1. The number of fused-ring (bicyclic) bond motifs is 2. The summed E-state index contributed by atoms with van der Waals surface area (Å²) in [7, 11) is 1.70. The zero-order chi connectivity index (χ0) is 15.8. The summed E-state index contributed by atoms with van der Waals surface area (Å²) < 4.78 is 5.29. The van der Waals surface area contributed by atoms with Crippen LogP contribution in [-0.4, -0.2) is 7.11 Å². The van der Waals surface area contributed by atoms with Crippen molar-refractivity contribution in [2.24, 2.45) is 0 Å². The zero-order valence-corrected chi connectivity index (χ0v) is 13.7. The molecule has 1 N–H and O–H groups in total. The van der Waals surface area contributed by atoms with Crippen LogP contribution in [0.1, 0.15) is 23.6 Å². The van der Waals surface area contributed by atoms with Gasteiger partial charge in [-0.2, -0.15) is 0 Å². The van der Waals surface area contributed by atoms with Crippen molar-refractivity contribution < 1.29 is 4.74 Å². The number of hydrogen-bond donors (Lipinski definition) is 1. The molecule has 1 aliphatic heterocycles. The van der Waals surface area contributed by atoms with E-state index < -0.39 is 0 Å². The van der Waals surface area contributed by atoms with Gasteiger partial charge in [-0.1, -0.05) is 29.8 Å². The molecular weight excluding hydrogens is 306 g/mol. The lowest BCUT2D eigenvalue weighted by Gasteiger charge is -2.28. The van der Waals surface area contributed by atoms with E-state index in [1.165, 1.54) is 27.6 Å². The summed E-state index contributed by atoms with van der Waals surface area (Å²) in [5.41, 5.74) is 3.82. The van der Waals surface area contributed by atoms with Gasteiger partial charge in [0.1, 0.15) is 5.75 Å². The standard InChI is InChI=1S/C20H18ClNO/c1-23-18-7-4-13-10-15(3-2-14(13)12-18)19-8-5-16-11-17(21)6-9-20(16)22-19/h2-4,6-7,9-12,19,22H,5,8H2,1H3/t19-/m0/s1. The zero-order valence-electron chi connectivity index (χ0n) is 13.0. The monoisotopic (exact) mass is 323 g/mol. The Morgan fingerprint density at radius 1 is 1.00 bits per heavy atom. The SMILES string of the molecule is COc1ccc2cc([C@@H]3CCc4cc(Cl)ccc4N3)ccc2c1. The summed E-state index contributed by atoms with van der Waals surface area (Å²) in [5, 5.41) is 6.90. The third kappa shape index (κ3) is 2.75. The molecule has 0 saturated heterocycles. The van der Waals surface area contributed by atoms with Crippen LogP contribution in [0.5, 0.6) is 5.75 Å². The molecular formula is C20H18ClNO. The minimum Gasteiger partial charge on any atom is -0.497 e. The second-order valence-electron chi connectivity index (χ2n) is 6.01. The van der Waals surface area contributed by atoms with Crippen molar-refractivity contribution in [3.05, 3.63) is 70.7 Å². The van der Waals surface area contributed by atoms with Crippen LogP contribution in [0, 0.1) is 0 Å². The van der Waals surface area contributed by atoms with Gasteiger partial charge in [-0.15, -0.1) is 0 Å². The van der Waals surface area contributed by atoms with Crippen molar-refractivity contribution in [1.29, 1.82) is 0 Å². The second-order valence-corrected chi connectivity index (χ2v) is 6.45. The Balaban J connectivity index is 1.66. The highest BCUT2D eigenvalue weighted by atomic mass is 35.5. The lowest BCUT2D eigenvalue weighted by molar-refractivity contribution is 0.415. The highest BCUT2D eigenvalue weighted by Crippen LogP contribution is 2.35. The van der Waals surface area contributed by atoms with Crippen LogP contribution in [-0.2, 0) is 6.42 Å². The van der Waals surface area contributed by atoms with Gasteiger partial charge in [0.2, 0.25) is 0 Å². The maximum atomic E-state index is 6.08. The predicted octanol–water partition coefficient (Wildman–Crippen LogP) is 5.60. The predicted molar refractivity (Wildman–Crippen MR) is 96.6 cm³/mol. The van der Waals surface area contributed by atoms with Crippen LogP contribution < -0.4 is 10.1 Å². The summed E-state index contributed by atoms with van der Waals surface area (Å²) in [4.78, 5) is 0. The van der Waals surface area contributed by atoms with E-state index in [1.54, 1.807) is 7.11 Å². The van der Waals surface area contributed by atoms with Crippen LogP contribution >= 0.6 is 11.6 Å². The summed E-state index contributed by atoms with van der Waals surface area (Å²) >= 11 is 6.08. The first kappa shape index (κ1) is 14.4. The van der Waals surface area contributed by atoms with E-state index >= 15 is 0 Å². The minimum absolute atomic E-state index is 0.343. The number of anilines is 1. The molecule has 0 spiro atoms. The van der Waals surface area contributed by atoms with Gasteiger partial charge in [0, 0.05) is 10.7 Å². The fraction of sp³-hybridized carbons (Fsp3) is 0.200. The largest absolute Gasteiger partial charge is 0.497 e. The first-order valence-corrected chi connectivity index (χ1v) is 8.23. The third-order valence-corrected chi connectivity index (χ3v) is 4.81. The van der Waals surface area contributed by atoms with Gasteiger partial charge in [-0.3, -0.25) is 0 Å². The molecule has 0 aromatic heterocycles. The van der Waals surface area contributed by atoms with E-state index in [0.717, 1.165) is 23.6 Å². The molecule has 3 heteroatoms. The molecule has 0 radical (unpaired) electrons.